The van der Waals surface area contributed by atoms with E-state index < -0.39 is 17.1 Å². The average molecular weight is 461 g/mol. The van der Waals surface area contributed by atoms with Crippen LogP contribution in [0.25, 0.3) is 0 Å². The van der Waals surface area contributed by atoms with Gasteiger partial charge in [0.2, 0.25) is 0 Å². The van der Waals surface area contributed by atoms with Gasteiger partial charge in [-0.05, 0) is 81.7 Å². The van der Waals surface area contributed by atoms with Crippen molar-refractivity contribution in [3.05, 3.63) is 12.2 Å². The van der Waals surface area contributed by atoms with Crippen molar-refractivity contribution in [3.8, 4) is 0 Å². The first-order valence-electron chi connectivity index (χ1n) is 13.2. The lowest BCUT2D eigenvalue weighted by molar-refractivity contribution is -0.199. The van der Waals surface area contributed by atoms with Crippen LogP contribution >= 0.6 is 0 Å². The summed E-state index contributed by atoms with van der Waals surface area (Å²) in [4.78, 5) is 18.3. The summed E-state index contributed by atoms with van der Waals surface area (Å²) >= 11 is 0. The van der Waals surface area contributed by atoms with E-state index in [1.807, 2.05) is 0 Å². The monoisotopic (exact) mass is 460 g/mol. The minimum absolute atomic E-state index is 0.0192. The van der Waals surface area contributed by atoms with Crippen LogP contribution < -0.4 is 0 Å². The zero-order valence-electron chi connectivity index (χ0n) is 20.9. The van der Waals surface area contributed by atoms with E-state index in [1.54, 1.807) is 0 Å². The average Bonchev–Trinajstić information content (AvgIpc) is 2.91. The minimum atomic E-state index is -0.903. The number of carbonyl (C=O) groups excluding carboxylic acids is 1. The van der Waals surface area contributed by atoms with E-state index in [-0.39, 0.29) is 22.7 Å². The van der Waals surface area contributed by atoms with Crippen LogP contribution in [0.4, 0.5) is 0 Å². The fourth-order valence-corrected chi connectivity index (χ4v) is 9.11. The van der Waals surface area contributed by atoms with Crippen LogP contribution in [0.3, 0.4) is 0 Å². The molecule has 186 valence electrons. The third-order valence-corrected chi connectivity index (χ3v) is 11.0. The molecule has 1 aliphatic heterocycles. The van der Waals surface area contributed by atoms with Gasteiger partial charge in [-0.1, -0.05) is 19.9 Å². The van der Waals surface area contributed by atoms with Gasteiger partial charge in [0.25, 0.3) is 0 Å². The molecule has 0 radical (unpaired) electrons. The molecule has 6 heteroatoms. The van der Waals surface area contributed by atoms with Gasteiger partial charge in [-0.25, -0.2) is 0 Å². The second-order valence-electron chi connectivity index (χ2n) is 12.6. The fourth-order valence-electron chi connectivity index (χ4n) is 9.11. The van der Waals surface area contributed by atoms with Gasteiger partial charge >= 0.3 is 5.97 Å². The summed E-state index contributed by atoms with van der Waals surface area (Å²) in [6, 6.07) is 0. The molecule has 0 aromatic carbocycles. The lowest BCUT2D eigenvalue weighted by atomic mass is 9.40. The Morgan fingerprint density at radius 3 is 2.52 bits per heavy atom. The molecule has 1 saturated heterocycles. The van der Waals surface area contributed by atoms with E-state index in [2.05, 4.69) is 37.3 Å². The maximum atomic E-state index is 13.5. The molecule has 4 saturated carbocycles. The molecule has 5 aliphatic rings. The predicted molar refractivity (Wildman–Crippen MR) is 128 cm³/mol. The number of aliphatic hydroxyl groups excluding tert-OH is 1. The highest BCUT2D eigenvalue weighted by Gasteiger charge is 2.70. The van der Waals surface area contributed by atoms with Gasteiger partial charge in [0.1, 0.15) is 6.61 Å². The van der Waals surface area contributed by atoms with Crippen molar-refractivity contribution in [1.82, 2.24) is 9.80 Å². The van der Waals surface area contributed by atoms with Crippen molar-refractivity contribution in [3.63, 3.8) is 0 Å². The molecule has 6 nitrogen and oxygen atoms in total. The van der Waals surface area contributed by atoms with Gasteiger partial charge in [-0.2, -0.15) is 0 Å². The predicted octanol–water partition coefficient (Wildman–Crippen LogP) is 2.83. The van der Waals surface area contributed by atoms with Crippen molar-refractivity contribution in [1.29, 1.82) is 0 Å². The van der Waals surface area contributed by atoms with Gasteiger partial charge in [-0.15, -0.1) is 0 Å². The Labute approximate surface area is 199 Å². The lowest BCUT2D eigenvalue weighted by Crippen LogP contribution is -2.61. The maximum Gasteiger partial charge on any atom is 0.312 e. The molecule has 5 rings (SSSR count). The number of carbonyl (C=O) groups is 1. The van der Waals surface area contributed by atoms with E-state index >= 15 is 0 Å². The smallest absolute Gasteiger partial charge is 0.312 e. The quantitative estimate of drug-likeness (QED) is 0.497. The first-order valence-corrected chi connectivity index (χ1v) is 13.2. The number of likely N-dealkylation sites (N-methyl/N-ethyl adjacent to an activating group) is 1. The SMILES string of the molecule is C=C1C(O)[C@@]23CC[C@H]4[C@@](C)(CCC[C@@]4(C)C(=O)OCCN4CCN(C)CC4)[C@@H]2CC[C@]1(O)C3. The Bertz CT molecular complexity index is 810. The number of hydrogen-bond acceptors (Lipinski definition) is 6. The van der Waals surface area contributed by atoms with Crippen molar-refractivity contribution in [2.75, 3.05) is 46.4 Å². The van der Waals surface area contributed by atoms with Crippen molar-refractivity contribution >= 4 is 5.97 Å². The highest BCUT2D eigenvalue weighted by Crippen LogP contribution is 2.72. The Morgan fingerprint density at radius 2 is 1.79 bits per heavy atom. The molecular formula is C27H44N2O4. The number of hydrogen-bond donors (Lipinski definition) is 2. The normalized spacial score (nSPS) is 48.3. The van der Waals surface area contributed by atoms with Crippen LogP contribution in [-0.4, -0.2) is 84.1 Å². The molecule has 33 heavy (non-hydrogen) atoms. The molecule has 0 aromatic rings. The third kappa shape index (κ3) is 3.46. The van der Waals surface area contributed by atoms with Gasteiger partial charge < -0.3 is 19.8 Å². The van der Waals surface area contributed by atoms with Crippen LogP contribution in [0.5, 0.6) is 0 Å². The highest BCUT2D eigenvalue weighted by atomic mass is 16.5. The first-order chi connectivity index (χ1) is 15.6. The number of nitrogens with zero attached hydrogens (tertiary/aromatic N) is 2. The Morgan fingerprint density at radius 1 is 1.09 bits per heavy atom. The van der Waals surface area contributed by atoms with Crippen LogP contribution in [0.2, 0.25) is 0 Å². The lowest BCUT2D eigenvalue weighted by Gasteiger charge is -2.64. The number of fused-ring (bicyclic) bond motifs is 3. The van der Waals surface area contributed by atoms with Crippen molar-refractivity contribution < 1.29 is 19.7 Å². The van der Waals surface area contributed by atoms with Gasteiger partial charge in [0, 0.05) is 38.1 Å². The van der Waals surface area contributed by atoms with Crippen LogP contribution in [0.15, 0.2) is 12.2 Å². The van der Waals surface area contributed by atoms with Gasteiger partial charge in [-0.3, -0.25) is 9.69 Å². The van der Waals surface area contributed by atoms with Crippen LogP contribution in [0, 0.1) is 28.1 Å². The number of ether oxygens (including phenoxy) is 1. The van der Waals surface area contributed by atoms with E-state index in [4.69, 9.17) is 4.74 Å². The van der Waals surface area contributed by atoms with Gasteiger partial charge in [0.05, 0.1) is 17.1 Å². The molecule has 0 amide bonds. The Balaban J connectivity index is 1.30. The number of rotatable bonds is 4. The summed E-state index contributed by atoms with van der Waals surface area (Å²) in [5.74, 6) is 0.556. The number of esters is 1. The second kappa shape index (κ2) is 8.04. The summed E-state index contributed by atoms with van der Waals surface area (Å²) in [6.45, 7) is 14.1. The largest absolute Gasteiger partial charge is 0.464 e. The number of piperazine rings is 1. The molecule has 4 aliphatic carbocycles. The fraction of sp³-hybridized carbons (Fsp3) is 0.889. The molecule has 7 atom stereocenters. The second-order valence-corrected chi connectivity index (χ2v) is 12.6. The van der Waals surface area contributed by atoms with E-state index in [9.17, 15) is 15.0 Å². The molecule has 2 bridgehead atoms. The summed E-state index contributed by atoms with van der Waals surface area (Å²) < 4.78 is 5.96. The van der Waals surface area contributed by atoms with E-state index in [1.165, 1.54) is 0 Å². The van der Waals surface area contributed by atoms with Crippen LogP contribution in [-0.2, 0) is 9.53 Å². The Hall–Kier alpha value is -0.950. The molecule has 2 N–H and O–H groups in total. The third-order valence-electron chi connectivity index (χ3n) is 11.0. The van der Waals surface area contributed by atoms with E-state index in [0.717, 1.165) is 71.2 Å². The summed E-state index contributed by atoms with van der Waals surface area (Å²) in [6.07, 6.45) is 6.38. The molecule has 0 aromatic heterocycles. The molecule has 1 spiro atoms. The zero-order chi connectivity index (χ0) is 23.6. The standard InChI is InChI=1S/C27H44N2O4/c1-19-22(30)26-10-6-20-24(2,21(26)7-11-27(19,32)18-26)8-5-9-25(20,3)23(31)33-17-16-29-14-12-28(4)13-15-29/h20-22,30,32H,1,5-18H2,2-4H3/t20-,21-,22?,24+,25+,26+,27-/m0/s1. The summed E-state index contributed by atoms with van der Waals surface area (Å²) in [5, 5.41) is 22.4. The zero-order valence-corrected chi connectivity index (χ0v) is 20.9. The molecule has 1 heterocycles. The topological polar surface area (TPSA) is 73.2 Å². The van der Waals surface area contributed by atoms with E-state index in [0.29, 0.717) is 30.9 Å². The van der Waals surface area contributed by atoms with Crippen molar-refractivity contribution in [2.45, 2.75) is 76.9 Å². The Kier molecular flexibility index (Phi) is 5.79. The van der Waals surface area contributed by atoms with Crippen LogP contribution in [0.1, 0.15) is 65.2 Å². The molecular weight excluding hydrogens is 416 g/mol. The summed E-state index contributed by atoms with van der Waals surface area (Å²) in [5.41, 5.74) is -1.04. The minimum Gasteiger partial charge on any atom is -0.464 e. The maximum absolute atomic E-state index is 13.5. The first kappa shape index (κ1) is 23.8. The molecule has 5 fully saturated rings. The van der Waals surface area contributed by atoms with Gasteiger partial charge in [0.15, 0.2) is 0 Å². The van der Waals surface area contributed by atoms with Crippen molar-refractivity contribution in [2.24, 2.45) is 28.1 Å². The molecule has 1 unspecified atom stereocenters. The highest BCUT2D eigenvalue weighted by molar-refractivity contribution is 5.77. The number of aliphatic hydroxyl groups is 2. The summed E-state index contributed by atoms with van der Waals surface area (Å²) in [7, 11) is 2.15.